The Morgan fingerprint density at radius 2 is 1.64 bits per heavy atom. The third kappa shape index (κ3) is 4.75. The van der Waals surface area contributed by atoms with Gasteiger partial charge in [-0.05, 0) is 63.6 Å². The summed E-state index contributed by atoms with van der Waals surface area (Å²) in [6.45, 7) is 8.76. The first-order valence-corrected chi connectivity index (χ1v) is 11.2. The molecule has 33 heavy (non-hydrogen) atoms. The van der Waals surface area contributed by atoms with Crippen molar-refractivity contribution in [1.29, 1.82) is 0 Å². The zero-order valence-electron chi connectivity index (χ0n) is 19.1. The zero-order valence-corrected chi connectivity index (χ0v) is 19.1. The molecule has 2 N–H and O–H groups in total. The van der Waals surface area contributed by atoms with E-state index in [1.165, 1.54) is 6.33 Å². The fourth-order valence-electron chi connectivity index (χ4n) is 4.01. The molecule has 0 aliphatic carbocycles. The van der Waals surface area contributed by atoms with Crippen molar-refractivity contribution < 1.29 is 9.47 Å². The van der Waals surface area contributed by atoms with E-state index in [1.807, 2.05) is 54.6 Å². The van der Waals surface area contributed by atoms with Gasteiger partial charge in [-0.3, -0.25) is 10.00 Å². The van der Waals surface area contributed by atoms with Crippen LogP contribution >= 0.6 is 0 Å². The van der Waals surface area contributed by atoms with Crippen molar-refractivity contribution in [2.24, 2.45) is 0 Å². The van der Waals surface area contributed by atoms with Gasteiger partial charge in [-0.25, -0.2) is 9.97 Å². The molecule has 4 aromatic rings. The van der Waals surface area contributed by atoms with Crippen LogP contribution in [0.2, 0.25) is 0 Å². The van der Waals surface area contributed by atoms with Crippen molar-refractivity contribution in [1.82, 2.24) is 25.1 Å². The van der Waals surface area contributed by atoms with Crippen molar-refractivity contribution in [2.75, 3.05) is 18.4 Å². The predicted molar refractivity (Wildman–Crippen MR) is 128 cm³/mol. The molecule has 1 aliphatic rings. The number of hydrogen-bond acceptors (Lipinski definition) is 7. The van der Waals surface area contributed by atoms with Gasteiger partial charge in [0, 0.05) is 24.7 Å². The summed E-state index contributed by atoms with van der Waals surface area (Å²) in [6, 6.07) is 17.4. The van der Waals surface area contributed by atoms with Gasteiger partial charge in [-0.15, -0.1) is 0 Å². The quantitative estimate of drug-likeness (QED) is 0.421. The highest BCUT2D eigenvalue weighted by molar-refractivity contribution is 5.91. The number of hydrogen-bond donors (Lipinski definition) is 2. The molecule has 1 fully saturated rings. The second-order valence-electron chi connectivity index (χ2n) is 9.21. The van der Waals surface area contributed by atoms with Crippen LogP contribution in [0.25, 0.3) is 11.0 Å². The van der Waals surface area contributed by atoms with Gasteiger partial charge >= 0.3 is 0 Å². The Hall–Kier alpha value is -3.65. The zero-order chi connectivity index (χ0) is 22.8. The summed E-state index contributed by atoms with van der Waals surface area (Å²) in [5, 5.41) is 11.8. The molecule has 3 heterocycles. The first-order chi connectivity index (χ1) is 16.0. The van der Waals surface area contributed by atoms with Gasteiger partial charge in [0.15, 0.2) is 11.5 Å². The first kappa shape index (κ1) is 21.2. The van der Waals surface area contributed by atoms with Crippen LogP contribution < -0.4 is 14.8 Å². The molecular weight excluding hydrogens is 416 g/mol. The van der Waals surface area contributed by atoms with Crippen molar-refractivity contribution in [3.8, 4) is 23.1 Å². The third-order valence-corrected chi connectivity index (χ3v) is 5.82. The maximum Gasteiger partial charge on any atom is 0.235 e. The molecule has 5 rings (SSSR count). The molecule has 8 heteroatoms. The lowest BCUT2D eigenvalue weighted by Gasteiger charge is -2.31. The summed E-state index contributed by atoms with van der Waals surface area (Å²) < 4.78 is 12.0. The average Bonchev–Trinajstić information content (AvgIpc) is 3.44. The fraction of sp³-hybridized carbons (Fsp3) is 0.320. The Labute approximate surface area is 193 Å². The molecule has 0 amide bonds. The summed E-state index contributed by atoms with van der Waals surface area (Å²) in [5.74, 6) is 3.35. The van der Waals surface area contributed by atoms with E-state index in [0.717, 1.165) is 36.4 Å². The van der Waals surface area contributed by atoms with Gasteiger partial charge in [0.1, 0.15) is 29.0 Å². The van der Waals surface area contributed by atoms with Crippen LogP contribution in [-0.4, -0.2) is 49.7 Å². The smallest absolute Gasteiger partial charge is 0.235 e. The summed E-state index contributed by atoms with van der Waals surface area (Å²) in [5.41, 5.74) is 0.787. The number of rotatable bonds is 6. The summed E-state index contributed by atoms with van der Waals surface area (Å²) in [6.07, 6.45) is 2.53. The van der Waals surface area contributed by atoms with E-state index in [1.54, 1.807) is 0 Å². The standard InChI is InChI=1S/C25H28N6O2/c1-25(2,3)31-14-13-17(15-31)28-23-21-22(29-30-23)26-16-27-24(21)33-20-11-9-19(10-12-20)32-18-7-5-4-6-8-18/h4-12,16-17H,13-15H2,1-3H3,(H2,26,27,28,29,30)/t17-/m1/s1. The van der Waals surface area contributed by atoms with E-state index in [9.17, 15) is 0 Å². The lowest BCUT2D eigenvalue weighted by Crippen LogP contribution is -2.40. The topological polar surface area (TPSA) is 88.2 Å². The third-order valence-electron chi connectivity index (χ3n) is 5.82. The molecule has 1 aliphatic heterocycles. The molecule has 0 spiro atoms. The molecule has 1 saturated heterocycles. The Bertz CT molecular complexity index is 1220. The number of ether oxygens (including phenoxy) is 2. The Morgan fingerprint density at radius 1 is 0.939 bits per heavy atom. The van der Waals surface area contributed by atoms with Gasteiger partial charge < -0.3 is 14.8 Å². The average molecular weight is 445 g/mol. The largest absolute Gasteiger partial charge is 0.457 e. The van der Waals surface area contributed by atoms with Crippen molar-refractivity contribution in [3.05, 3.63) is 60.9 Å². The number of fused-ring (bicyclic) bond motifs is 1. The van der Waals surface area contributed by atoms with Crippen molar-refractivity contribution in [3.63, 3.8) is 0 Å². The molecular formula is C25H28N6O2. The van der Waals surface area contributed by atoms with Gasteiger partial charge in [0.05, 0.1) is 0 Å². The number of anilines is 1. The van der Waals surface area contributed by atoms with Gasteiger partial charge in [-0.1, -0.05) is 18.2 Å². The van der Waals surface area contributed by atoms with Crippen LogP contribution in [0.1, 0.15) is 27.2 Å². The molecule has 0 bridgehead atoms. The predicted octanol–water partition coefficient (Wildman–Crippen LogP) is 5.22. The van der Waals surface area contributed by atoms with Crippen LogP contribution in [0, 0.1) is 0 Å². The minimum Gasteiger partial charge on any atom is -0.457 e. The maximum absolute atomic E-state index is 6.12. The van der Waals surface area contributed by atoms with Crippen LogP contribution in [0.4, 0.5) is 5.82 Å². The number of aromatic nitrogens is 4. The van der Waals surface area contributed by atoms with E-state index >= 15 is 0 Å². The highest BCUT2D eigenvalue weighted by atomic mass is 16.5. The lowest BCUT2D eigenvalue weighted by molar-refractivity contribution is 0.174. The van der Waals surface area contributed by atoms with Crippen molar-refractivity contribution in [2.45, 2.75) is 38.8 Å². The molecule has 0 unspecified atom stereocenters. The minimum atomic E-state index is 0.151. The normalized spacial score (nSPS) is 16.8. The Balaban J connectivity index is 1.32. The summed E-state index contributed by atoms with van der Waals surface area (Å²) >= 11 is 0. The van der Waals surface area contributed by atoms with Crippen LogP contribution in [-0.2, 0) is 0 Å². The van der Waals surface area contributed by atoms with E-state index in [-0.39, 0.29) is 5.54 Å². The number of likely N-dealkylation sites (tertiary alicyclic amines) is 1. The minimum absolute atomic E-state index is 0.151. The maximum atomic E-state index is 6.12. The first-order valence-electron chi connectivity index (χ1n) is 11.2. The number of nitrogens with one attached hydrogen (secondary N) is 2. The second kappa shape index (κ2) is 8.71. The van der Waals surface area contributed by atoms with Crippen LogP contribution in [0.3, 0.4) is 0 Å². The number of H-pyrrole nitrogens is 1. The highest BCUT2D eigenvalue weighted by Crippen LogP contribution is 2.33. The van der Waals surface area contributed by atoms with E-state index in [4.69, 9.17) is 9.47 Å². The van der Waals surface area contributed by atoms with Gasteiger partial charge in [-0.2, -0.15) is 5.10 Å². The van der Waals surface area contributed by atoms with Crippen molar-refractivity contribution >= 4 is 16.9 Å². The summed E-state index contributed by atoms with van der Waals surface area (Å²) in [4.78, 5) is 11.2. The molecule has 0 radical (unpaired) electrons. The summed E-state index contributed by atoms with van der Waals surface area (Å²) in [7, 11) is 0. The van der Waals surface area contributed by atoms with Gasteiger partial charge in [0.25, 0.3) is 0 Å². The molecule has 170 valence electrons. The van der Waals surface area contributed by atoms with E-state index < -0.39 is 0 Å². The van der Waals surface area contributed by atoms with Crippen LogP contribution in [0.5, 0.6) is 23.1 Å². The second-order valence-corrected chi connectivity index (χ2v) is 9.21. The monoisotopic (exact) mass is 444 g/mol. The Kier molecular flexibility index (Phi) is 5.60. The SMILES string of the molecule is CC(C)(C)N1CC[C@@H](Nc2n[nH]c3ncnc(Oc4ccc(Oc5ccccc5)cc4)c23)C1. The fourth-order valence-corrected chi connectivity index (χ4v) is 4.01. The molecule has 2 aromatic heterocycles. The highest BCUT2D eigenvalue weighted by Gasteiger charge is 2.31. The van der Waals surface area contributed by atoms with Crippen LogP contribution in [0.15, 0.2) is 60.9 Å². The Morgan fingerprint density at radius 3 is 2.33 bits per heavy atom. The molecule has 2 aromatic carbocycles. The number of aromatic amines is 1. The number of nitrogens with zero attached hydrogens (tertiary/aromatic N) is 4. The number of benzene rings is 2. The molecule has 8 nitrogen and oxygen atoms in total. The molecule has 0 saturated carbocycles. The number of para-hydroxylation sites is 1. The lowest BCUT2D eigenvalue weighted by atomic mass is 10.1. The molecule has 1 atom stereocenters. The van der Waals surface area contributed by atoms with E-state index in [0.29, 0.717) is 29.1 Å². The van der Waals surface area contributed by atoms with Gasteiger partial charge in [0.2, 0.25) is 5.88 Å². The van der Waals surface area contributed by atoms with E-state index in [2.05, 4.69) is 51.2 Å².